The zero-order valence-corrected chi connectivity index (χ0v) is 21.1. The van der Waals surface area contributed by atoms with Crippen LogP contribution in [0.4, 0.5) is 0 Å². The lowest BCUT2D eigenvalue weighted by molar-refractivity contribution is -0.0541. The SMILES string of the molecule is COc1cc(CN2CCC[C@](COc3ccc(C)cc3)(OC)CC2)ccc1OCCn1cccn1. The fourth-order valence-corrected chi connectivity index (χ4v) is 4.51. The number of likely N-dealkylation sites (tertiary alicyclic amines) is 1. The number of benzene rings is 2. The van der Waals surface area contributed by atoms with Crippen molar-refractivity contribution in [2.24, 2.45) is 0 Å². The lowest BCUT2D eigenvalue weighted by atomic mass is 9.95. The topological polar surface area (TPSA) is 58.0 Å². The Morgan fingerprint density at radius 2 is 1.83 bits per heavy atom. The number of nitrogens with zero attached hydrogens (tertiary/aromatic N) is 3. The van der Waals surface area contributed by atoms with Crippen molar-refractivity contribution in [2.45, 2.75) is 44.9 Å². The smallest absolute Gasteiger partial charge is 0.161 e. The molecule has 35 heavy (non-hydrogen) atoms. The summed E-state index contributed by atoms with van der Waals surface area (Å²) in [6, 6.07) is 16.3. The predicted octanol–water partition coefficient (Wildman–Crippen LogP) is 4.73. The zero-order chi connectivity index (χ0) is 24.5. The molecule has 1 saturated heterocycles. The van der Waals surface area contributed by atoms with Gasteiger partial charge in [0, 0.05) is 32.6 Å². The zero-order valence-electron chi connectivity index (χ0n) is 21.1. The summed E-state index contributed by atoms with van der Waals surface area (Å²) in [5.41, 5.74) is 2.18. The van der Waals surface area contributed by atoms with Crippen LogP contribution in [0.5, 0.6) is 17.2 Å². The molecule has 7 nitrogen and oxygen atoms in total. The summed E-state index contributed by atoms with van der Waals surface area (Å²) < 4.78 is 25.6. The molecule has 0 radical (unpaired) electrons. The van der Waals surface area contributed by atoms with E-state index in [2.05, 4.69) is 41.2 Å². The van der Waals surface area contributed by atoms with Crippen molar-refractivity contribution < 1.29 is 18.9 Å². The molecule has 0 unspecified atom stereocenters. The molecule has 0 aliphatic carbocycles. The van der Waals surface area contributed by atoms with Crippen LogP contribution >= 0.6 is 0 Å². The normalized spacial score (nSPS) is 18.7. The molecule has 0 spiro atoms. The first-order valence-electron chi connectivity index (χ1n) is 12.3. The molecule has 1 aliphatic heterocycles. The number of aryl methyl sites for hydroxylation is 1. The van der Waals surface area contributed by atoms with Crippen LogP contribution in [0.1, 0.15) is 30.4 Å². The van der Waals surface area contributed by atoms with Crippen molar-refractivity contribution in [3.63, 3.8) is 0 Å². The van der Waals surface area contributed by atoms with Gasteiger partial charge in [0.1, 0.15) is 24.6 Å². The first kappa shape index (κ1) is 25.1. The third kappa shape index (κ3) is 6.99. The summed E-state index contributed by atoms with van der Waals surface area (Å²) in [4.78, 5) is 2.49. The van der Waals surface area contributed by atoms with Gasteiger partial charge in [0.05, 0.1) is 13.7 Å². The Morgan fingerprint density at radius 1 is 0.971 bits per heavy atom. The lowest BCUT2D eigenvalue weighted by Gasteiger charge is -2.31. The average Bonchev–Trinajstić information content (AvgIpc) is 3.32. The number of rotatable bonds is 11. The van der Waals surface area contributed by atoms with Gasteiger partial charge in [0.25, 0.3) is 0 Å². The number of methoxy groups -OCH3 is 2. The van der Waals surface area contributed by atoms with Crippen LogP contribution in [0.3, 0.4) is 0 Å². The standard InChI is InChI=1S/C28H37N3O4/c1-23-6-9-25(10-7-23)35-22-28(33-3)12-4-15-30(17-13-28)21-24-8-11-26(27(20-24)32-2)34-19-18-31-16-5-14-29-31/h5-11,14,16,20H,4,12-13,15,17-19,21-22H2,1-3H3/t28-/m0/s1. The fraction of sp³-hybridized carbons (Fsp3) is 0.464. The third-order valence-electron chi connectivity index (χ3n) is 6.72. The summed E-state index contributed by atoms with van der Waals surface area (Å²) in [6.45, 7) is 6.73. The third-order valence-corrected chi connectivity index (χ3v) is 6.72. The summed E-state index contributed by atoms with van der Waals surface area (Å²) in [5, 5.41) is 4.21. The molecular weight excluding hydrogens is 442 g/mol. The second-order valence-corrected chi connectivity index (χ2v) is 9.22. The Bertz CT molecular complexity index is 1040. The minimum Gasteiger partial charge on any atom is -0.493 e. The monoisotopic (exact) mass is 479 g/mol. The number of hydrogen-bond donors (Lipinski definition) is 0. The summed E-state index contributed by atoms with van der Waals surface area (Å²) >= 11 is 0. The largest absolute Gasteiger partial charge is 0.493 e. The Balaban J connectivity index is 1.31. The summed E-state index contributed by atoms with van der Waals surface area (Å²) in [7, 11) is 3.50. The highest BCUT2D eigenvalue weighted by Gasteiger charge is 2.33. The molecule has 0 saturated carbocycles. The first-order valence-corrected chi connectivity index (χ1v) is 12.3. The van der Waals surface area contributed by atoms with E-state index in [1.165, 1.54) is 11.1 Å². The second kappa shape index (κ2) is 12.1. The number of ether oxygens (including phenoxy) is 4. The molecule has 188 valence electrons. The highest BCUT2D eigenvalue weighted by molar-refractivity contribution is 5.43. The van der Waals surface area contributed by atoms with Gasteiger partial charge in [0.15, 0.2) is 11.5 Å². The van der Waals surface area contributed by atoms with Crippen LogP contribution in [-0.2, 0) is 17.8 Å². The highest BCUT2D eigenvalue weighted by Crippen LogP contribution is 2.31. The Morgan fingerprint density at radius 3 is 2.57 bits per heavy atom. The van der Waals surface area contributed by atoms with Crippen molar-refractivity contribution in [3.8, 4) is 17.2 Å². The molecule has 4 rings (SSSR count). The van der Waals surface area contributed by atoms with Gasteiger partial charge in [-0.15, -0.1) is 0 Å². The Hall–Kier alpha value is -3.03. The van der Waals surface area contributed by atoms with E-state index in [1.54, 1.807) is 13.3 Å². The van der Waals surface area contributed by atoms with E-state index in [4.69, 9.17) is 18.9 Å². The van der Waals surface area contributed by atoms with Crippen molar-refractivity contribution in [2.75, 3.05) is 40.5 Å². The van der Waals surface area contributed by atoms with Gasteiger partial charge < -0.3 is 18.9 Å². The van der Waals surface area contributed by atoms with E-state index < -0.39 is 0 Å². The van der Waals surface area contributed by atoms with E-state index in [9.17, 15) is 0 Å². The van der Waals surface area contributed by atoms with Gasteiger partial charge in [-0.05, 0) is 68.6 Å². The van der Waals surface area contributed by atoms with E-state index in [0.29, 0.717) is 19.8 Å². The lowest BCUT2D eigenvalue weighted by Crippen LogP contribution is -2.39. The quantitative estimate of drug-likeness (QED) is 0.396. The maximum Gasteiger partial charge on any atom is 0.161 e. The molecule has 0 bridgehead atoms. The molecule has 1 aromatic heterocycles. The van der Waals surface area contributed by atoms with Crippen molar-refractivity contribution >= 4 is 0 Å². The molecule has 1 aliphatic rings. The van der Waals surface area contributed by atoms with Gasteiger partial charge >= 0.3 is 0 Å². The molecule has 7 heteroatoms. The molecule has 3 aromatic rings. The molecular formula is C28H37N3O4. The maximum absolute atomic E-state index is 6.12. The Kier molecular flexibility index (Phi) is 8.66. The van der Waals surface area contributed by atoms with Crippen LogP contribution < -0.4 is 14.2 Å². The van der Waals surface area contributed by atoms with E-state index in [0.717, 1.165) is 56.1 Å². The minimum atomic E-state index is -0.260. The van der Waals surface area contributed by atoms with Crippen molar-refractivity contribution in [1.82, 2.24) is 14.7 Å². The van der Waals surface area contributed by atoms with Crippen LogP contribution in [0.25, 0.3) is 0 Å². The predicted molar refractivity (Wildman–Crippen MR) is 136 cm³/mol. The minimum absolute atomic E-state index is 0.260. The first-order chi connectivity index (χ1) is 17.1. The number of aromatic nitrogens is 2. The molecule has 2 heterocycles. The molecule has 2 aromatic carbocycles. The van der Waals surface area contributed by atoms with Crippen LogP contribution in [0.15, 0.2) is 60.9 Å². The van der Waals surface area contributed by atoms with Gasteiger partial charge in [0.2, 0.25) is 0 Å². The van der Waals surface area contributed by atoms with E-state index in [1.807, 2.05) is 42.3 Å². The van der Waals surface area contributed by atoms with E-state index in [-0.39, 0.29) is 5.60 Å². The van der Waals surface area contributed by atoms with Crippen molar-refractivity contribution in [3.05, 3.63) is 72.1 Å². The van der Waals surface area contributed by atoms with Crippen molar-refractivity contribution in [1.29, 1.82) is 0 Å². The Labute approximate surface area is 208 Å². The fourth-order valence-electron chi connectivity index (χ4n) is 4.51. The average molecular weight is 480 g/mol. The van der Waals surface area contributed by atoms with Gasteiger partial charge in [-0.2, -0.15) is 5.10 Å². The molecule has 0 N–H and O–H groups in total. The van der Waals surface area contributed by atoms with Crippen LogP contribution in [0, 0.1) is 6.92 Å². The molecule has 1 fully saturated rings. The van der Waals surface area contributed by atoms with Gasteiger partial charge in [-0.1, -0.05) is 23.8 Å². The molecule has 0 amide bonds. The van der Waals surface area contributed by atoms with Gasteiger partial charge in [-0.25, -0.2) is 0 Å². The molecule has 1 atom stereocenters. The van der Waals surface area contributed by atoms with Gasteiger partial charge in [-0.3, -0.25) is 9.58 Å². The summed E-state index contributed by atoms with van der Waals surface area (Å²) in [5.74, 6) is 2.41. The second-order valence-electron chi connectivity index (χ2n) is 9.22. The van der Waals surface area contributed by atoms with E-state index >= 15 is 0 Å². The number of hydrogen-bond acceptors (Lipinski definition) is 6. The highest BCUT2D eigenvalue weighted by atomic mass is 16.5. The van der Waals surface area contributed by atoms with Crippen LogP contribution in [-0.4, -0.2) is 60.8 Å². The summed E-state index contributed by atoms with van der Waals surface area (Å²) in [6.07, 6.45) is 6.68. The van der Waals surface area contributed by atoms with Crippen LogP contribution in [0.2, 0.25) is 0 Å². The maximum atomic E-state index is 6.12.